The van der Waals surface area contributed by atoms with E-state index < -0.39 is 0 Å². The second-order valence-electron chi connectivity index (χ2n) is 1.62. The largest absolute Gasteiger partial charge is 0.358 e. The van der Waals surface area contributed by atoms with Gasteiger partial charge in [-0.25, -0.2) is 0 Å². The van der Waals surface area contributed by atoms with Gasteiger partial charge in [-0.05, 0) is 7.05 Å². The minimum Gasteiger partial charge on any atom is -0.358 e. The molecule has 3 nitrogen and oxygen atoms in total. The highest BCUT2D eigenvalue weighted by molar-refractivity contribution is 5.83. The lowest BCUT2D eigenvalue weighted by molar-refractivity contribution is -0.121. The van der Waals surface area contributed by atoms with Crippen molar-refractivity contribution in [2.45, 2.75) is 6.04 Å². The van der Waals surface area contributed by atoms with Gasteiger partial charge < -0.3 is 10.6 Å². The van der Waals surface area contributed by atoms with Crippen LogP contribution in [0.5, 0.6) is 0 Å². The Balaban J connectivity index is 3.78. The van der Waals surface area contributed by atoms with E-state index in [1.807, 2.05) is 0 Å². The lowest BCUT2D eigenvalue weighted by atomic mass is 10.3. The maximum Gasteiger partial charge on any atom is 0.240 e. The quantitative estimate of drug-likeness (QED) is 0.503. The molecule has 1 amide bonds. The van der Waals surface area contributed by atoms with Gasteiger partial charge in [-0.1, -0.05) is 6.08 Å². The second-order valence-corrected chi connectivity index (χ2v) is 1.62. The Morgan fingerprint density at radius 2 is 2.22 bits per heavy atom. The summed E-state index contributed by atoms with van der Waals surface area (Å²) in [7, 11) is 3.30. The van der Waals surface area contributed by atoms with E-state index in [9.17, 15) is 4.79 Å². The monoisotopic (exact) mass is 128 g/mol. The number of rotatable bonds is 3. The van der Waals surface area contributed by atoms with Gasteiger partial charge in [0.05, 0.1) is 0 Å². The highest BCUT2D eigenvalue weighted by Crippen LogP contribution is 1.80. The molecule has 0 aromatic heterocycles. The number of likely N-dealkylation sites (N-methyl/N-ethyl adjacent to an activating group) is 2. The van der Waals surface area contributed by atoms with Crippen molar-refractivity contribution in [3.8, 4) is 0 Å². The van der Waals surface area contributed by atoms with Crippen LogP contribution in [0.15, 0.2) is 12.7 Å². The predicted octanol–water partition coefficient (Wildman–Crippen LogP) is -0.494. The zero-order chi connectivity index (χ0) is 7.28. The molecule has 3 heteroatoms. The summed E-state index contributed by atoms with van der Waals surface area (Å²) in [6.07, 6.45) is 1.55. The Morgan fingerprint density at radius 3 is 2.33 bits per heavy atom. The third-order valence-electron chi connectivity index (χ3n) is 1.08. The summed E-state index contributed by atoms with van der Waals surface area (Å²) in [4.78, 5) is 10.7. The molecule has 0 spiro atoms. The molecule has 1 unspecified atom stereocenters. The topological polar surface area (TPSA) is 41.1 Å². The van der Waals surface area contributed by atoms with Gasteiger partial charge in [0.25, 0.3) is 0 Å². The van der Waals surface area contributed by atoms with E-state index in [0.717, 1.165) is 0 Å². The van der Waals surface area contributed by atoms with Crippen LogP contribution in [0.2, 0.25) is 0 Å². The molecule has 0 aromatic rings. The first-order valence-corrected chi connectivity index (χ1v) is 2.77. The summed E-state index contributed by atoms with van der Waals surface area (Å²) in [5, 5.41) is 5.27. The molecule has 0 saturated carbocycles. The maximum absolute atomic E-state index is 10.7. The molecule has 0 aliphatic rings. The highest BCUT2D eigenvalue weighted by Gasteiger charge is 2.07. The molecule has 0 radical (unpaired) electrons. The van der Waals surface area contributed by atoms with E-state index in [4.69, 9.17) is 0 Å². The number of carbonyl (C=O) groups excluding carboxylic acids is 1. The third kappa shape index (κ3) is 2.28. The summed E-state index contributed by atoms with van der Waals surface area (Å²) in [6, 6.07) is -0.269. The van der Waals surface area contributed by atoms with Crippen molar-refractivity contribution < 1.29 is 4.79 Å². The molecule has 0 saturated heterocycles. The van der Waals surface area contributed by atoms with Gasteiger partial charge in [0, 0.05) is 7.05 Å². The Labute approximate surface area is 55.1 Å². The van der Waals surface area contributed by atoms with Gasteiger partial charge in [-0.15, -0.1) is 6.58 Å². The third-order valence-corrected chi connectivity index (χ3v) is 1.08. The zero-order valence-electron chi connectivity index (χ0n) is 5.77. The fraction of sp³-hybridized carbons (Fsp3) is 0.500. The van der Waals surface area contributed by atoms with Crippen LogP contribution >= 0.6 is 0 Å². The number of hydrogen-bond acceptors (Lipinski definition) is 2. The Bertz CT molecular complexity index is 112. The van der Waals surface area contributed by atoms with E-state index in [0.29, 0.717) is 0 Å². The van der Waals surface area contributed by atoms with Crippen LogP contribution in [-0.2, 0) is 4.79 Å². The van der Waals surface area contributed by atoms with Crippen molar-refractivity contribution in [1.29, 1.82) is 0 Å². The predicted molar refractivity (Wildman–Crippen MR) is 37.1 cm³/mol. The van der Waals surface area contributed by atoms with Crippen molar-refractivity contribution >= 4 is 5.91 Å². The first-order chi connectivity index (χ1) is 4.26. The van der Waals surface area contributed by atoms with Crippen molar-refractivity contribution in [3.63, 3.8) is 0 Å². The van der Waals surface area contributed by atoms with Crippen molar-refractivity contribution in [3.05, 3.63) is 12.7 Å². The average Bonchev–Trinajstić information content (AvgIpc) is 1.90. The molecule has 0 heterocycles. The Kier molecular flexibility index (Phi) is 3.71. The van der Waals surface area contributed by atoms with Crippen LogP contribution in [0.1, 0.15) is 0 Å². The molecule has 0 aliphatic heterocycles. The number of carbonyl (C=O) groups is 1. The molecule has 0 fully saturated rings. The Hall–Kier alpha value is -0.830. The molecule has 0 bridgehead atoms. The molecular weight excluding hydrogens is 116 g/mol. The standard InChI is InChI=1S/C6H12N2O/c1-4-5(7-2)6(9)8-3/h4-5,7H,1H2,2-3H3,(H,8,9). The summed E-state index contributed by atoms with van der Waals surface area (Å²) in [5.41, 5.74) is 0. The maximum atomic E-state index is 10.7. The van der Waals surface area contributed by atoms with Gasteiger partial charge in [-0.2, -0.15) is 0 Å². The number of hydrogen-bond donors (Lipinski definition) is 2. The average molecular weight is 128 g/mol. The van der Waals surface area contributed by atoms with Crippen molar-refractivity contribution in [2.75, 3.05) is 14.1 Å². The van der Waals surface area contributed by atoms with Gasteiger partial charge >= 0.3 is 0 Å². The lowest BCUT2D eigenvalue weighted by Gasteiger charge is -2.07. The first-order valence-electron chi connectivity index (χ1n) is 2.77. The normalized spacial score (nSPS) is 12.2. The smallest absolute Gasteiger partial charge is 0.240 e. The minimum atomic E-state index is -0.269. The van der Waals surface area contributed by atoms with Gasteiger partial charge in [-0.3, -0.25) is 4.79 Å². The van der Waals surface area contributed by atoms with Crippen molar-refractivity contribution in [2.24, 2.45) is 0 Å². The first kappa shape index (κ1) is 8.17. The van der Waals surface area contributed by atoms with Crippen LogP contribution in [0.4, 0.5) is 0 Å². The number of nitrogens with one attached hydrogen (secondary N) is 2. The Morgan fingerprint density at radius 1 is 1.67 bits per heavy atom. The molecule has 0 aromatic carbocycles. The van der Waals surface area contributed by atoms with Gasteiger partial charge in [0.15, 0.2) is 0 Å². The highest BCUT2D eigenvalue weighted by atomic mass is 16.2. The van der Waals surface area contributed by atoms with Crippen molar-refractivity contribution in [1.82, 2.24) is 10.6 Å². The molecular formula is C6H12N2O. The van der Waals surface area contributed by atoms with Crippen LogP contribution < -0.4 is 10.6 Å². The van der Waals surface area contributed by atoms with E-state index in [1.54, 1.807) is 20.2 Å². The summed E-state index contributed by atoms with van der Waals surface area (Å²) >= 11 is 0. The van der Waals surface area contributed by atoms with E-state index in [-0.39, 0.29) is 11.9 Å². The molecule has 1 atom stereocenters. The summed E-state index contributed by atoms with van der Waals surface area (Å²) in [5.74, 6) is -0.0625. The molecule has 0 aliphatic carbocycles. The molecule has 52 valence electrons. The van der Waals surface area contributed by atoms with Crippen LogP contribution in [0.25, 0.3) is 0 Å². The molecule has 9 heavy (non-hydrogen) atoms. The second kappa shape index (κ2) is 4.09. The minimum absolute atomic E-state index is 0.0625. The fourth-order valence-electron chi connectivity index (χ4n) is 0.511. The fourth-order valence-corrected chi connectivity index (χ4v) is 0.511. The lowest BCUT2D eigenvalue weighted by Crippen LogP contribution is -2.39. The SMILES string of the molecule is C=CC(NC)C(=O)NC. The zero-order valence-corrected chi connectivity index (χ0v) is 5.77. The van der Waals surface area contributed by atoms with Crippen LogP contribution in [0.3, 0.4) is 0 Å². The van der Waals surface area contributed by atoms with Gasteiger partial charge in [0.1, 0.15) is 6.04 Å². The number of amides is 1. The molecule has 0 rings (SSSR count). The summed E-state index contributed by atoms with van der Waals surface area (Å²) in [6.45, 7) is 3.48. The van der Waals surface area contributed by atoms with Crippen LogP contribution in [-0.4, -0.2) is 26.0 Å². The van der Waals surface area contributed by atoms with E-state index in [2.05, 4.69) is 17.2 Å². The summed E-state index contributed by atoms with van der Waals surface area (Å²) < 4.78 is 0. The molecule has 2 N–H and O–H groups in total. The van der Waals surface area contributed by atoms with Crippen LogP contribution in [0, 0.1) is 0 Å². The van der Waals surface area contributed by atoms with E-state index >= 15 is 0 Å². The van der Waals surface area contributed by atoms with Gasteiger partial charge in [0.2, 0.25) is 5.91 Å². The van der Waals surface area contributed by atoms with E-state index in [1.165, 1.54) is 0 Å².